The smallest absolute Gasteiger partial charge is 0.266 e. The third kappa shape index (κ3) is 3.05. The molecule has 0 atom stereocenters. The van der Waals surface area contributed by atoms with Crippen molar-refractivity contribution in [1.29, 1.82) is 0 Å². The molecule has 0 saturated heterocycles. The van der Waals surface area contributed by atoms with E-state index in [4.69, 9.17) is 0 Å². The summed E-state index contributed by atoms with van der Waals surface area (Å²) in [5, 5.41) is -0.363. The van der Waals surface area contributed by atoms with Crippen molar-refractivity contribution in [2.45, 2.75) is 61.4 Å². The molecule has 2 aromatic carbocycles. The number of sulfonamides is 2. The van der Waals surface area contributed by atoms with Gasteiger partial charge >= 0.3 is 0 Å². The third-order valence-electron chi connectivity index (χ3n) is 6.57. The Kier molecular flexibility index (Phi) is 4.85. The lowest BCUT2D eigenvalue weighted by Crippen LogP contribution is -2.71. The first-order valence-electron chi connectivity index (χ1n) is 10.4. The van der Waals surface area contributed by atoms with Gasteiger partial charge in [-0.05, 0) is 32.6 Å². The van der Waals surface area contributed by atoms with Crippen LogP contribution in [0.1, 0.15) is 62.3 Å². The monoisotopic (exact) mass is 506 g/mol. The zero-order chi connectivity index (χ0) is 24.8. The van der Waals surface area contributed by atoms with Gasteiger partial charge < -0.3 is 0 Å². The molecule has 2 heterocycles. The van der Waals surface area contributed by atoms with Gasteiger partial charge in [-0.3, -0.25) is 9.59 Å². The predicted octanol–water partition coefficient (Wildman–Crippen LogP) is 1.71. The predicted molar refractivity (Wildman–Crippen MR) is 127 cm³/mol. The number of rotatable bonds is 2. The lowest BCUT2D eigenvalue weighted by Gasteiger charge is -2.53. The van der Waals surface area contributed by atoms with Gasteiger partial charge in [0.1, 0.15) is 8.07 Å². The summed E-state index contributed by atoms with van der Waals surface area (Å²) in [5.74, 6) is -1.42. The minimum Gasteiger partial charge on any atom is -0.268 e. The molecule has 176 valence electrons. The van der Waals surface area contributed by atoms with Crippen LogP contribution in [0, 0.1) is 0 Å². The molecule has 2 N–H and O–H groups in total. The first kappa shape index (κ1) is 23.6. The van der Waals surface area contributed by atoms with Crippen molar-refractivity contribution in [3.8, 4) is 0 Å². The highest BCUT2D eigenvalue weighted by atomic mass is 32.2. The van der Waals surface area contributed by atoms with Crippen molar-refractivity contribution < 1.29 is 26.4 Å². The highest BCUT2D eigenvalue weighted by molar-refractivity contribution is 7.91. The highest BCUT2D eigenvalue weighted by Crippen LogP contribution is 2.52. The number of hydrogen-bond acceptors (Lipinski definition) is 6. The van der Waals surface area contributed by atoms with Gasteiger partial charge in [0.15, 0.2) is 0 Å². The zero-order valence-electron chi connectivity index (χ0n) is 19.2. The average Bonchev–Trinajstić information content (AvgIpc) is 3.02. The molecule has 2 aromatic rings. The van der Waals surface area contributed by atoms with Gasteiger partial charge in [0.05, 0.1) is 20.9 Å². The number of carbonyl (C=O) groups excluding carboxylic acids is 2. The molecular weight excluding hydrogens is 480 g/mol. The van der Waals surface area contributed by atoms with Crippen LogP contribution < -0.4 is 19.8 Å². The summed E-state index contributed by atoms with van der Waals surface area (Å²) in [6.07, 6.45) is 0. The molecule has 33 heavy (non-hydrogen) atoms. The molecule has 2 aliphatic rings. The van der Waals surface area contributed by atoms with Crippen molar-refractivity contribution in [1.82, 2.24) is 9.44 Å². The summed E-state index contributed by atoms with van der Waals surface area (Å²) in [6, 6.07) is 9.57. The molecule has 0 bridgehead atoms. The molecule has 0 aliphatic carbocycles. The second-order valence-corrected chi connectivity index (χ2v) is 19.3. The fourth-order valence-electron chi connectivity index (χ4n) is 5.94. The van der Waals surface area contributed by atoms with E-state index in [1.807, 2.05) is 41.5 Å². The van der Waals surface area contributed by atoms with E-state index in [0.717, 1.165) is 0 Å². The zero-order valence-corrected chi connectivity index (χ0v) is 21.9. The first-order valence-corrected chi connectivity index (χ1v) is 15.3. The van der Waals surface area contributed by atoms with Gasteiger partial charge in [0.25, 0.3) is 31.9 Å². The number of benzene rings is 2. The van der Waals surface area contributed by atoms with E-state index in [1.165, 1.54) is 12.1 Å². The van der Waals surface area contributed by atoms with Gasteiger partial charge in [-0.15, -0.1) is 0 Å². The van der Waals surface area contributed by atoms with E-state index in [1.54, 1.807) is 24.3 Å². The van der Waals surface area contributed by atoms with Crippen molar-refractivity contribution in [3.05, 3.63) is 47.5 Å². The van der Waals surface area contributed by atoms with Crippen molar-refractivity contribution >= 4 is 50.3 Å². The Balaban J connectivity index is 2.30. The Morgan fingerprint density at radius 2 is 0.970 bits per heavy atom. The maximum Gasteiger partial charge on any atom is 0.266 e. The maximum atomic E-state index is 13.1. The van der Waals surface area contributed by atoms with E-state index in [9.17, 15) is 26.4 Å². The van der Waals surface area contributed by atoms with Crippen LogP contribution in [-0.4, -0.2) is 36.7 Å². The van der Waals surface area contributed by atoms with Crippen LogP contribution in [0.2, 0.25) is 10.1 Å². The molecule has 11 heteroatoms. The molecule has 8 nitrogen and oxygen atoms in total. The number of carbonyl (C=O) groups is 2. The molecular formula is C22H26N2O6S2Si. The molecule has 2 amide bonds. The Morgan fingerprint density at radius 3 is 1.27 bits per heavy atom. The fourth-order valence-corrected chi connectivity index (χ4v) is 17.6. The van der Waals surface area contributed by atoms with Gasteiger partial charge in [0, 0.05) is 0 Å². The van der Waals surface area contributed by atoms with Crippen molar-refractivity contribution in [2.75, 3.05) is 0 Å². The quantitative estimate of drug-likeness (QED) is 0.597. The number of fused-ring (bicyclic) bond motifs is 2. The highest BCUT2D eigenvalue weighted by Gasteiger charge is 2.60. The SMILES string of the molecule is CC(C)(C)[Si](c1cccc2c1S(=O)(=O)NC2=O)(c1cccc2c1S(=O)(=O)NC2=O)C(C)(C)C. The summed E-state index contributed by atoms with van der Waals surface area (Å²) >= 11 is 0. The van der Waals surface area contributed by atoms with E-state index >= 15 is 0 Å². The fraction of sp³-hybridized carbons (Fsp3) is 0.364. The van der Waals surface area contributed by atoms with Gasteiger partial charge in [0.2, 0.25) is 0 Å². The van der Waals surface area contributed by atoms with Crippen LogP contribution in [0.25, 0.3) is 0 Å². The Morgan fingerprint density at radius 1 is 0.636 bits per heavy atom. The lowest BCUT2D eigenvalue weighted by molar-refractivity contribution is 0.0976. The Hall–Kier alpha value is -2.50. The second-order valence-electron chi connectivity index (χ2n) is 10.5. The van der Waals surface area contributed by atoms with Gasteiger partial charge in [-0.2, -0.15) is 0 Å². The van der Waals surface area contributed by atoms with Crippen molar-refractivity contribution in [3.63, 3.8) is 0 Å². The first-order chi connectivity index (χ1) is 15.0. The summed E-state index contributed by atoms with van der Waals surface area (Å²) in [5.41, 5.74) is 0.0880. The Bertz CT molecular complexity index is 1340. The number of amides is 2. The summed E-state index contributed by atoms with van der Waals surface area (Å²) in [7, 11) is -11.7. The molecule has 2 aliphatic heterocycles. The third-order valence-corrected chi connectivity index (χ3v) is 16.7. The number of hydrogen-bond donors (Lipinski definition) is 2. The normalized spacial score (nSPS) is 19.0. The minimum atomic E-state index is -4.15. The Labute approximate surface area is 194 Å². The van der Waals surface area contributed by atoms with Crippen LogP contribution in [-0.2, 0) is 20.0 Å². The van der Waals surface area contributed by atoms with Crippen molar-refractivity contribution in [2.24, 2.45) is 0 Å². The molecule has 0 unspecified atom stereocenters. The van der Waals surface area contributed by atoms with Crippen LogP contribution in [0.4, 0.5) is 0 Å². The van der Waals surface area contributed by atoms with Gasteiger partial charge in [-0.1, -0.05) is 65.8 Å². The molecule has 0 spiro atoms. The lowest BCUT2D eigenvalue weighted by atomic mass is 10.2. The van der Waals surface area contributed by atoms with E-state index in [2.05, 4.69) is 9.44 Å². The van der Waals surface area contributed by atoms with E-state index in [-0.39, 0.29) is 20.9 Å². The molecule has 4 rings (SSSR count). The topological polar surface area (TPSA) is 126 Å². The molecule has 0 aromatic heterocycles. The van der Waals surface area contributed by atoms with E-state index < -0.39 is 50.0 Å². The molecule has 0 fully saturated rings. The largest absolute Gasteiger partial charge is 0.268 e. The van der Waals surface area contributed by atoms with E-state index in [0.29, 0.717) is 10.4 Å². The molecule has 0 radical (unpaired) electrons. The maximum absolute atomic E-state index is 13.1. The van der Waals surface area contributed by atoms with Crippen LogP contribution in [0.15, 0.2) is 46.2 Å². The summed E-state index contributed by atoms with van der Waals surface area (Å²) < 4.78 is 56.7. The molecule has 0 saturated carbocycles. The second kappa shape index (κ2) is 6.77. The van der Waals surface area contributed by atoms with Crippen LogP contribution >= 0.6 is 0 Å². The average molecular weight is 507 g/mol. The summed E-state index contributed by atoms with van der Waals surface area (Å²) in [4.78, 5) is 24.8. The summed E-state index contributed by atoms with van der Waals surface area (Å²) in [6.45, 7) is 11.7. The van der Waals surface area contributed by atoms with Gasteiger partial charge in [-0.25, -0.2) is 26.3 Å². The van der Waals surface area contributed by atoms with Crippen LogP contribution in [0.5, 0.6) is 0 Å². The van der Waals surface area contributed by atoms with Crippen LogP contribution in [0.3, 0.4) is 0 Å². The minimum absolute atomic E-state index is 0.0440. The number of nitrogens with one attached hydrogen (secondary N) is 2. The standard InChI is InChI=1S/C22H26N2O6S2Si/c1-21(2,3)33(22(4,5)6,15-11-7-9-13-17(15)31(27,28)23-19(13)25)16-12-8-10-14-18(16)32(29,30)24-20(14)26/h7-12H,1-6H3,(H,23,25)(H,24,26).